The highest BCUT2D eigenvalue weighted by atomic mass is 32.2. The number of nitrogens with one attached hydrogen (secondary N) is 1. The lowest BCUT2D eigenvalue weighted by Gasteiger charge is -2.09. The molecule has 9 heteroatoms. The summed E-state index contributed by atoms with van der Waals surface area (Å²) in [6.45, 7) is -0.436. The molecule has 0 atom stereocenters. The Morgan fingerprint density at radius 1 is 1.21 bits per heavy atom. The standard InChI is InChI=1S/C20H15NO7S/c1-2-8-21-29(25,26)16-5-3-4-13(9-16)20(24)27-12-14-10-19(23)28-18-11-15(22)6-7-17(14)18/h1,3-7,9-11,21-22H,8,12H2. The van der Waals surface area contributed by atoms with Crippen molar-refractivity contribution >= 4 is 27.0 Å². The van der Waals surface area contributed by atoms with Crippen LogP contribution in [0.3, 0.4) is 0 Å². The molecular weight excluding hydrogens is 398 g/mol. The summed E-state index contributed by atoms with van der Waals surface area (Å²) in [5, 5.41) is 10.0. The monoisotopic (exact) mass is 413 g/mol. The first-order valence-electron chi connectivity index (χ1n) is 8.26. The van der Waals surface area contributed by atoms with Crippen LogP contribution in [-0.2, 0) is 21.4 Å². The Balaban J connectivity index is 1.82. The Kier molecular flexibility index (Phi) is 5.68. The Bertz CT molecular complexity index is 1290. The van der Waals surface area contributed by atoms with E-state index in [1.807, 2.05) is 0 Å². The van der Waals surface area contributed by atoms with Crippen LogP contribution in [0, 0.1) is 12.3 Å². The lowest BCUT2D eigenvalue weighted by molar-refractivity contribution is 0.0473. The van der Waals surface area contributed by atoms with Crippen molar-refractivity contribution in [1.29, 1.82) is 0 Å². The molecule has 0 fully saturated rings. The van der Waals surface area contributed by atoms with Gasteiger partial charge in [-0.3, -0.25) is 0 Å². The highest BCUT2D eigenvalue weighted by Crippen LogP contribution is 2.22. The van der Waals surface area contributed by atoms with Crippen molar-refractivity contribution in [2.24, 2.45) is 0 Å². The van der Waals surface area contributed by atoms with Gasteiger partial charge in [0.25, 0.3) is 0 Å². The summed E-state index contributed by atoms with van der Waals surface area (Å²) < 4.78 is 36.7. The molecular formula is C20H15NO7S. The van der Waals surface area contributed by atoms with E-state index in [0.29, 0.717) is 10.9 Å². The minimum atomic E-state index is -3.86. The van der Waals surface area contributed by atoms with E-state index in [2.05, 4.69) is 10.6 Å². The molecule has 0 aliphatic rings. The highest BCUT2D eigenvalue weighted by Gasteiger charge is 2.17. The molecule has 0 radical (unpaired) electrons. The van der Waals surface area contributed by atoms with Crippen LogP contribution in [0.5, 0.6) is 5.75 Å². The lowest BCUT2D eigenvalue weighted by Crippen LogP contribution is -2.24. The second-order valence-electron chi connectivity index (χ2n) is 5.90. The smallest absolute Gasteiger partial charge is 0.338 e. The lowest BCUT2D eigenvalue weighted by atomic mass is 10.1. The molecule has 0 amide bonds. The molecule has 1 heterocycles. The topological polar surface area (TPSA) is 123 Å². The molecule has 3 aromatic rings. The summed E-state index contributed by atoms with van der Waals surface area (Å²) in [5.41, 5.74) is -0.124. The van der Waals surface area contributed by atoms with Gasteiger partial charge in [-0.2, -0.15) is 4.72 Å². The highest BCUT2D eigenvalue weighted by molar-refractivity contribution is 7.89. The number of sulfonamides is 1. The molecule has 0 unspecified atom stereocenters. The molecule has 0 bridgehead atoms. The first-order chi connectivity index (χ1) is 13.8. The molecule has 1 aromatic heterocycles. The van der Waals surface area contributed by atoms with Gasteiger partial charge in [-0.05, 0) is 30.3 Å². The number of hydrogen-bond acceptors (Lipinski definition) is 7. The predicted molar refractivity (Wildman–Crippen MR) is 104 cm³/mol. The van der Waals surface area contributed by atoms with Crippen LogP contribution in [0.4, 0.5) is 0 Å². The van der Waals surface area contributed by atoms with Crippen molar-refractivity contribution in [2.75, 3.05) is 6.54 Å². The fraction of sp³-hybridized carbons (Fsp3) is 0.100. The summed E-state index contributed by atoms with van der Waals surface area (Å²) in [5.74, 6) is 1.31. The SMILES string of the molecule is C#CCNS(=O)(=O)c1cccc(C(=O)OCc2cc(=O)oc3cc(O)ccc23)c1. The zero-order chi connectivity index (χ0) is 21.0. The summed E-state index contributed by atoms with van der Waals surface area (Å²) in [6, 6.07) is 10.7. The average molecular weight is 413 g/mol. The molecule has 148 valence electrons. The molecule has 2 N–H and O–H groups in total. The maximum atomic E-state index is 12.4. The average Bonchev–Trinajstić information content (AvgIpc) is 2.70. The van der Waals surface area contributed by atoms with Gasteiger partial charge in [0.15, 0.2) is 0 Å². The van der Waals surface area contributed by atoms with Gasteiger partial charge in [-0.25, -0.2) is 18.0 Å². The largest absolute Gasteiger partial charge is 0.508 e. The minimum Gasteiger partial charge on any atom is -0.508 e. The second-order valence-corrected chi connectivity index (χ2v) is 7.67. The van der Waals surface area contributed by atoms with Gasteiger partial charge < -0.3 is 14.3 Å². The van der Waals surface area contributed by atoms with Gasteiger partial charge in [0.2, 0.25) is 10.0 Å². The summed E-state index contributed by atoms with van der Waals surface area (Å²) >= 11 is 0. The van der Waals surface area contributed by atoms with E-state index in [9.17, 15) is 23.1 Å². The van der Waals surface area contributed by atoms with Crippen molar-refractivity contribution in [1.82, 2.24) is 4.72 Å². The van der Waals surface area contributed by atoms with Crippen molar-refractivity contribution < 1.29 is 27.5 Å². The Morgan fingerprint density at radius 2 is 2.00 bits per heavy atom. The molecule has 3 rings (SSSR count). The number of phenolic OH excluding ortho intramolecular Hbond substituents is 1. The molecule has 0 spiro atoms. The number of phenols is 1. The first-order valence-corrected chi connectivity index (χ1v) is 9.74. The van der Waals surface area contributed by atoms with Gasteiger partial charge in [-0.15, -0.1) is 6.42 Å². The molecule has 8 nitrogen and oxygen atoms in total. The fourth-order valence-electron chi connectivity index (χ4n) is 2.57. The minimum absolute atomic E-state index is 0.0125. The van der Waals surface area contributed by atoms with E-state index in [1.54, 1.807) is 0 Å². The normalized spacial score (nSPS) is 11.1. The summed E-state index contributed by atoms with van der Waals surface area (Å²) in [4.78, 5) is 23.9. The van der Waals surface area contributed by atoms with Gasteiger partial charge >= 0.3 is 11.6 Å². The van der Waals surface area contributed by atoms with Crippen LogP contribution >= 0.6 is 0 Å². The number of aromatic hydroxyl groups is 1. The van der Waals surface area contributed by atoms with Crippen molar-refractivity contribution in [3.8, 4) is 18.1 Å². The maximum absolute atomic E-state index is 12.4. The van der Waals surface area contributed by atoms with Gasteiger partial charge in [0.1, 0.15) is 17.9 Å². The number of fused-ring (bicyclic) bond motifs is 1. The van der Waals surface area contributed by atoms with Crippen LogP contribution in [0.1, 0.15) is 15.9 Å². The van der Waals surface area contributed by atoms with Crippen LogP contribution in [0.15, 0.2) is 62.6 Å². The van der Waals surface area contributed by atoms with Crippen LogP contribution in [0.2, 0.25) is 0 Å². The van der Waals surface area contributed by atoms with Gasteiger partial charge in [0.05, 0.1) is 17.0 Å². The number of carbonyl (C=O) groups is 1. The summed E-state index contributed by atoms with van der Waals surface area (Å²) in [7, 11) is -3.86. The Labute approximate surface area is 165 Å². The second kappa shape index (κ2) is 8.18. The van der Waals surface area contributed by atoms with E-state index in [-0.39, 0.29) is 34.9 Å². The van der Waals surface area contributed by atoms with E-state index < -0.39 is 21.6 Å². The van der Waals surface area contributed by atoms with Crippen LogP contribution in [-0.4, -0.2) is 26.0 Å². The fourth-order valence-corrected chi connectivity index (χ4v) is 3.55. The molecule has 29 heavy (non-hydrogen) atoms. The number of rotatable bonds is 6. The number of ether oxygens (including phenoxy) is 1. The van der Waals surface area contributed by atoms with Crippen molar-refractivity contribution in [3.05, 3.63) is 70.1 Å². The number of hydrogen-bond donors (Lipinski definition) is 2. The van der Waals surface area contributed by atoms with E-state index in [1.165, 1.54) is 42.5 Å². The molecule has 0 saturated heterocycles. The van der Waals surface area contributed by atoms with Crippen LogP contribution in [0.25, 0.3) is 11.0 Å². The Hall–Kier alpha value is -3.61. The third-order valence-corrected chi connectivity index (χ3v) is 5.32. The molecule has 0 saturated carbocycles. The third-order valence-electron chi connectivity index (χ3n) is 3.92. The quantitative estimate of drug-likeness (QED) is 0.359. The molecule has 0 aliphatic carbocycles. The van der Waals surface area contributed by atoms with E-state index in [0.717, 1.165) is 6.07 Å². The zero-order valence-corrected chi connectivity index (χ0v) is 15.7. The van der Waals surface area contributed by atoms with Gasteiger partial charge in [-0.1, -0.05) is 12.0 Å². The van der Waals surface area contributed by atoms with Crippen molar-refractivity contribution in [2.45, 2.75) is 11.5 Å². The maximum Gasteiger partial charge on any atom is 0.338 e. The molecule has 0 aliphatic heterocycles. The van der Waals surface area contributed by atoms with Crippen molar-refractivity contribution in [3.63, 3.8) is 0 Å². The number of carbonyl (C=O) groups excluding carboxylic acids is 1. The number of terminal acetylenes is 1. The van der Waals surface area contributed by atoms with Crippen LogP contribution < -0.4 is 10.3 Å². The van der Waals surface area contributed by atoms with E-state index >= 15 is 0 Å². The van der Waals surface area contributed by atoms with Gasteiger partial charge in [0, 0.05) is 23.1 Å². The number of benzene rings is 2. The summed E-state index contributed by atoms with van der Waals surface area (Å²) in [6.07, 6.45) is 5.05. The third kappa shape index (κ3) is 4.63. The number of esters is 1. The molecule has 2 aromatic carbocycles. The zero-order valence-electron chi connectivity index (χ0n) is 14.9. The Morgan fingerprint density at radius 3 is 2.76 bits per heavy atom. The van der Waals surface area contributed by atoms with E-state index in [4.69, 9.17) is 15.6 Å². The predicted octanol–water partition coefficient (Wildman–Crippen LogP) is 1.77. The first kappa shape index (κ1) is 20.1.